The van der Waals surface area contributed by atoms with Crippen molar-refractivity contribution in [2.24, 2.45) is 0 Å². The van der Waals surface area contributed by atoms with Crippen LogP contribution in [-0.2, 0) is 4.74 Å². The minimum atomic E-state index is -0.154. The molecule has 0 atom stereocenters. The summed E-state index contributed by atoms with van der Waals surface area (Å²) in [5, 5.41) is 4.25. The predicted octanol–water partition coefficient (Wildman–Crippen LogP) is 3.70. The molecule has 0 radical (unpaired) electrons. The second-order valence-corrected chi connectivity index (χ2v) is 9.21. The van der Waals surface area contributed by atoms with Gasteiger partial charge in [-0.2, -0.15) is 4.98 Å². The molecule has 2 aliphatic rings. The number of rotatable bonds is 5. The number of ether oxygens (including phenoxy) is 2. The molecule has 1 aliphatic carbocycles. The molecule has 0 bridgehead atoms. The highest BCUT2D eigenvalue weighted by Crippen LogP contribution is 2.31. The number of fused-ring (bicyclic) bond motifs is 1. The summed E-state index contributed by atoms with van der Waals surface area (Å²) in [4.78, 5) is 28.4. The van der Waals surface area contributed by atoms with Gasteiger partial charge in [0.15, 0.2) is 5.15 Å². The molecule has 0 spiro atoms. The molecule has 1 N–H and O–H groups in total. The fraction of sp³-hybridized carbons (Fsp3) is 0.455. The van der Waals surface area contributed by atoms with Gasteiger partial charge >= 0.3 is 0 Å². The summed E-state index contributed by atoms with van der Waals surface area (Å²) in [6.45, 7) is 3.00. The van der Waals surface area contributed by atoms with Gasteiger partial charge in [0.1, 0.15) is 16.8 Å². The van der Waals surface area contributed by atoms with E-state index in [-0.39, 0.29) is 23.2 Å². The molecule has 10 heteroatoms. The van der Waals surface area contributed by atoms with Gasteiger partial charge in [0, 0.05) is 31.4 Å². The van der Waals surface area contributed by atoms with Crippen molar-refractivity contribution in [2.45, 2.75) is 37.8 Å². The van der Waals surface area contributed by atoms with E-state index in [9.17, 15) is 4.79 Å². The molecule has 0 aromatic carbocycles. The smallest absolute Gasteiger partial charge is 0.264 e. The van der Waals surface area contributed by atoms with Crippen LogP contribution in [0.25, 0.3) is 10.9 Å². The second kappa shape index (κ2) is 9.56. The van der Waals surface area contributed by atoms with E-state index in [1.54, 1.807) is 11.7 Å². The molecule has 168 valence electrons. The van der Waals surface area contributed by atoms with Crippen LogP contribution in [0.5, 0.6) is 5.88 Å². The van der Waals surface area contributed by atoms with E-state index in [1.165, 1.54) is 11.3 Å². The molecule has 32 heavy (non-hydrogen) atoms. The predicted molar refractivity (Wildman–Crippen MR) is 124 cm³/mol. The maximum atomic E-state index is 12.4. The summed E-state index contributed by atoms with van der Waals surface area (Å²) in [7, 11) is 0. The Morgan fingerprint density at radius 1 is 1.22 bits per heavy atom. The van der Waals surface area contributed by atoms with Crippen molar-refractivity contribution in [1.29, 1.82) is 0 Å². The van der Waals surface area contributed by atoms with Gasteiger partial charge in [-0.15, -0.1) is 11.3 Å². The number of thiazole rings is 1. The molecule has 1 saturated heterocycles. The van der Waals surface area contributed by atoms with E-state index in [4.69, 9.17) is 26.1 Å². The Hall–Kier alpha value is -2.49. The zero-order valence-corrected chi connectivity index (χ0v) is 19.1. The van der Waals surface area contributed by atoms with Gasteiger partial charge < -0.3 is 19.7 Å². The maximum absolute atomic E-state index is 12.4. The average Bonchev–Trinajstić information content (AvgIpc) is 3.27. The number of anilines is 1. The van der Waals surface area contributed by atoms with Crippen molar-refractivity contribution in [2.75, 3.05) is 31.2 Å². The molecule has 1 saturated carbocycles. The number of hydrogen-bond acceptors (Lipinski definition) is 8. The van der Waals surface area contributed by atoms with Crippen molar-refractivity contribution in [1.82, 2.24) is 20.3 Å². The zero-order valence-electron chi connectivity index (χ0n) is 17.5. The summed E-state index contributed by atoms with van der Waals surface area (Å²) in [5.74, 6) is 1.34. The van der Waals surface area contributed by atoms with Crippen LogP contribution in [-0.4, -0.2) is 59.3 Å². The lowest BCUT2D eigenvalue weighted by atomic mass is 9.93. The monoisotopic (exact) mass is 473 g/mol. The SMILES string of the molecule is O=C(NC1CCC(Oc2nc(N3CCOCC3)cc3ncccc23)CC1)c1scnc1Cl. The van der Waals surface area contributed by atoms with Gasteiger partial charge in [-0.1, -0.05) is 11.6 Å². The molecule has 8 nitrogen and oxygen atoms in total. The number of pyridine rings is 2. The van der Waals surface area contributed by atoms with Gasteiger partial charge in [-0.3, -0.25) is 9.78 Å². The molecule has 5 rings (SSSR count). The lowest BCUT2D eigenvalue weighted by molar-refractivity contribution is 0.0895. The molecule has 2 fully saturated rings. The summed E-state index contributed by atoms with van der Waals surface area (Å²) in [6.07, 6.45) is 5.20. The Labute approximate surface area is 194 Å². The van der Waals surface area contributed by atoms with Gasteiger partial charge in [-0.05, 0) is 37.8 Å². The number of morpholine rings is 1. The highest BCUT2D eigenvalue weighted by molar-refractivity contribution is 7.12. The molecular weight excluding hydrogens is 450 g/mol. The van der Waals surface area contributed by atoms with E-state index >= 15 is 0 Å². The lowest BCUT2D eigenvalue weighted by Crippen LogP contribution is -2.39. The number of aromatic nitrogens is 3. The number of nitrogens with one attached hydrogen (secondary N) is 1. The number of nitrogens with zero attached hydrogens (tertiary/aromatic N) is 4. The van der Waals surface area contributed by atoms with Crippen LogP contribution in [0.1, 0.15) is 35.4 Å². The number of carbonyl (C=O) groups excluding carboxylic acids is 1. The molecular formula is C22H24ClN5O3S. The van der Waals surface area contributed by atoms with Gasteiger partial charge in [0.2, 0.25) is 5.88 Å². The first kappa shape index (κ1) is 21.4. The topological polar surface area (TPSA) is 89.5 Å². The Morgan fingerprint density at radius 2 is 2.03 bits per heavy atom. The van der Waals surface area contributed by atoms with Crippen molar-refractivity contribution in [3.8, 4) is 5.88 Å². The molecule has 3 aromatic rings. The van der Waals surface area contributed by atoms with Crippen LogP contribution in [0.2, 0.25) is 5.15 Å². The first-order valence-corrected chi connectivity index (χ1v) is 12.1. The standard InChI is InChI=1S/C22H24ClN5O3S/c23-20-19(32-13-25-20)21(29)26-14-3-5-15(6-4-14)31-22-16-2-1-7-24-17(16)12-18(27-22)28-8-10-30-11-9-28/h1-2,7,12-15H,3-6,8-11H2,(H,26,29). The highest BCUT2D eigenvalue weighted by atomic mass is 35.5. The molecule has 4 heterocycles. The van der Waals surface area contributed by atoms with Crippen molar-refractivity contribution in [3.63, 3.8) is 0 Å². The van der Waals surface area contributed by atoms with Crippen LogP contribution in [0.15, 0.2) is 29.9 Å². The molecule has 3 aromatic heterocycles. The zero-order chi connectivity index (χ0) is 21.9. The van der Waals surface area contributed by atoms with Gasteiger partial charge in [-0.25, -0.2) is 4.98 Å². The Kier molecular flexibility index (Phi) is 6.38. The molecule has 1 aliphatic heterocycles. The summed E-state index contributed by atoms with van der Waals surface area (Å²) < 4.78 is 11.9. The Bertz CT molecular complexity index is 1100. The molecule has 0 unspecified atom stereocenters. The quantitative estimate of drug-likeness (QED) is 0.604. The van der Waals surface area contributed by atoms with Gasteiger partial charge in [0.25, 0.3) is 5.91 Å². The lowest BCUT2D eigenvalue weighted by Gasteiger charge is -2.31. The first-order valence-electron chi connectivity index (χ1n) is 10.8. The van der Waals surface area contributed by atoms with Crippen molar-refractivity contribution >= 4 is 45.6 Å². The van der Waals surface area contributed by atoms with E-state index in [0.29, 0.717) is 24.0 Å². The van der Waals surface area contributed by atoms with Crippen LogP contribution in [0, 0.1) is 0 Å². The fourth-order valence-electron chi connectivity index (χ4n) is 4.19. The van der Waals surface area contributed by atoms with Crippen molar-refractivity contribution < 1.29 is 14.3 Å². The third-order valence-corrected chi connectivity index (χ3v) is 7.13. The third kappa shape index (κ3) is 4.65. The minimum Gasteiger partial charge on any atom is -0.474 e. The Morgan fingerprint density at radius 3 is 2.78 bits per heavy atom. The summed E-state index contributed by atoms with van der Waals surface area (Å²) in [5.41, 5.74) is 2.46. The van der Waals surface area contributed by atoms with E-state index in [2.05, 4.69) is 20.2 Å². The minimum absolute atomic E-state index is 0.0472. The van der Waals surface area contributed by atoms with Crippen LogP contribution in [0.3, 0.4) is 0 Å². The summed E-state index contributed by atoms with van der Waals surface area (Å²) in [6, 6.07) is 6.03. The average molecular weight is 474 g/mol. The summed E-state index contributed by atoms with van der Waals surface area (Å²) >= 11 is 7.24. The fourth-order valence-corrected chi connectivity index (χ4v) is 5.10. The number of hydrogen-bond donors (Lipinski definition) is 1. The molecule has 1 amide bonds. The number of halogens is 1. The van der Waals surface area contributed by atoms with Crippen LogP contribution >= 0.6 is 22.9 Å². The number of carbonyl (C=O) groups is 1. The van der Waals surface area contributed by atoms with Crippen LogP contribution in [0.4, 0.5) is 5.82 Å². The third-order valence-electron chi connectivity index (χ3n) is 5.90. The first-order chi connectivity index (χ1) is 15.7. The highest BCUT2D eigenvalue weighted by Gasteiger charge is 2.26. The van der Waals surface area contributed by atoms with E-state index in [1.807, 2.05) is 18.2 Å². The largest absolute Gasteiger partial charge is 0.474 e. The van der Waals surface area contributed by atoms with E-state index in [0.717, 1.165) is 55.5 Å². The number of amides is 1. The second-order valence-electron chi connectivity index (χ2n) is 7.99. The van der Waals surface area contributed by atoms with Gasteiger partial charge in [0.05, 0.1) is 29.6 Å². The Balaban J connectivity index is 1.26. The van der Waals surface area contributed by atoms with Crippen LogP contribution < -0.4 is 15.0 Å². The normalized spacial score (nSPS) is 21.5. The maximum Gasteiger partial charge on any atom is 0.264 e. The van der Waals surface area contributed by atoms with E-state index < -0.39 is 0 Å². The van der Waals surface area contributed by atoms with Crippen molar-refractivity contribution in [3.05, 3.63) is 39.9 Å².